The van der Waals surface area contributed by atoms with Crippen LogP contribution in [0.5, 0.6) is 0 Å². The molecule has 2 rings (SSSR count). The van der Waals surface area contributed by atoms with Gasteiger partial charge in [0.15, 0.2) is 0 Å². The number of fused-ring (bicyclic) bond motifs is 1. The third-order valence-corrected chi connectivity index (χ3v) is 3.33. The maximum atomic E-state index is 2.28. The first-order chi connectivity index (χ1) is 6.53. The van der Waals surface area contributed by atoms with E-state index >= 15 is 0 Å². The Morgan fingerprint density at radius 3 is 2.50 bits per heavy atom. The predicted molar refractivity (Wildman–Crippen MR) is 61.6 cm³/mol. The van der Waals surface area contributed by atoms with E-state index in [1.807, 2.05) is 0 Å². The average molecular weight is 187 g/mol. The van der Waals surface area contributed by atoms with Crippen molar-refractivity contribution >= 4 is 5.69 Å². The van der Waals surface area contributed by atoms with Crippen LogP contribution in [-0.4, -0.2) is 7.05 Å². The first-order valence-corrected chi connectivity index (χ1v) is 5.05. The normalized spacial score (nSPS) is 18.9. The molecule has 1 nitrogen and oxygen atoms in total. The monoisotopic (exact) mass is 187 g/mol. The highest BCUT2D eigenvalue weighted by molar-refractivity contribution is 5.63. The van der Waals surface area contributed by atoms with Crippen LogP contribution in [0.15, 0.2) is 36.0 Å². The minimum Gasteiger partial charge on any atom is -0.351 e. The molecule has 0 amide bonds. The summed E-state index contributed by atoms with van der Waals surface area (Å²) in [6, 6.07) is 8.62. The molecule has 1 aliphatic heterocycles. The lowest BCUT2D eigenvalue weighted by atomic mass is 9.76. The van der Waals surface area contributed by atoms with Crippen LogP contribution < -0.4 is 4.90 Å². The van der Waals surface area contributed by atoms with Gasteiger partial charge in [-0.3, -0.25) is 0 Å². The van der Waals surface area contributed by atoms with Crippen molar-refractivity contribution in [2.24, 2.45) is 0 Å². The zero-order chi connectivity index (χ0) is 10.3. The molecule has 0 aliphatic carbocycles. The maximum absolute atomic E-state index is 2.28. The van der Waals surface area contributed by atoms with E-state index in [4.69, 9.17) is 0 Å². The molecule has 1 heteroatoms. The SMILES string of the molecule is CC1=CN(C)c2ccccc2C1(C)C. The molecule has 14 heavy (non-hydrogen) atoms. The summed E-state index contributed by atoms with van der Waals surface area (Å²) in [5, 5.41) is 0. The van der Waals surface area contributed by atoms with Gasteiger partial charge in [0.2, 0.25) is 0 Å². The Hall–Kier alpha value is -1.24. The first kappa shape index (κ1) is 9.32. The van der Waals surface area contributed by atoms with Gasteiger partial charge in [-0.2, -0.15) is 0 Å². The Morgan fingerprint density at radius 1 is 1.14 bits per heavy atom. The fourth-order valence-corrected chi connectivity index (χ4v) is 2.04. The highest BCUT2D eigenvalue weighted by Gasteiger charge is 2.29. The number of anilines is 1. The molecule has 1 aliphatic rings. The van der Waals surface area contributed by atoms with E-state index in [-0.39, 0.29) is 5.41 Å². The van der Waals surface area contributed by atoms with Gasteiger partial charge in [0.25, 0.3) is 0 Å². The van der Waals surface area contributed by atoms with Crippen molar-refractivity contribution in [3.63, 3.8) is 0 Å². The molecule has 0 saturated carbocycles. The van der Waals surface area contributed by atoms with Crippen molar-refractivity contribution < 1.29 is 0 Å². The van der Waals surface area contributed by atoms with Crippen molar-refractivity contribution in [1.82, 2.24) is 0 Å². The standard InChI is InChI=1S/C13H17N/c1-10-9-14(4)12-8-6-5-7-11(12)13(10,2)3/h5-9H,1-4H3. The molecule has 0 fully saturated rings. The number of para-hydroxylation sites is 1. The summed E-state index contributed by atoms with van der Waals surface area (Å²) >= 11 is 0. The fourth-order valence-electron chi connectivity index (χ4n) is 2.04. The Labute approximate surface area is 86.1 Å². The van der Waals surface area contributed by atoms with Crippen LogP contribution in [0.2, 0.25) is 0 Å². The van der Waals surface area contributed by atoms with Crippen LogP contribution in [0, 0.1) is 0 Å². The Balaban J connectivity index is 2.65. The molecular weight excluding hydrogens is 170 g/mol. The van der Waals surface area contributed by atoms with Gasteiger partial charge in [0.1, 0.15) is 0 Å². The lowest BCUT2D eigenvalue weighted by Gasteiger charge is -2.36. The summed E-state index contributed by atoms with van der Waals surface area (Å²) in [5.41, 5.74) is 4.33. The number of allylic oxidation sites excluding steroid dienone is 1. The van der Waals surface area contributed by atoms with Gasteiger partial charge in [0, 0.05) is 24.4 Å². The van der Waals surface area contributed by atoms with Crippen molar-refractivity contribution in [2.45, 2.75) is 26.2 Å². The van der Waals surface area contributed by atoms with Crippen molar-refractivity contribution in [3.8, 4) is 0 Å². The largest absolute Gasteiger partial charge is 0.351 e. The second kappa shape index (κ2) is 2.88. The van der Waals surface area contributed by atoms with Gasteiger partial charge in [-0.25, -0.2) is 0 Å². The van der Waals surface area contributed by atoms with E-state index in [1.165, 1.54) is 16.8 Å². The zero-order valence-electron chi connectivity index (χ0n) is 9.33. The predicted octanol–water partition coefficient (Wildman–Crippen LogP) is 3.32. The van der Waals surface area contributed by atoms with E-state index < -0.39 is 0 Å². The van der Waals surface area contributed by atoms with E-state index in [0.717, 1.165) is 0 Å². The molecule has 0 unspecified atom stereocenters. The van der Waals surface area contributed by atoms with Gasteiger partial charge >= 0.3 is 0 Å². The molecule has 0 N–H and O–H groups in total. The quantitative estimate of drug-likeness (QED) is 0.602. The minimum atomic E-state index is 0.170. The Kier molecular flexibility index (Phi) is 1.91. The molecule has 0 atom stereocenters. The van der Waals surface area contributed by atoms with Gasteiger partial charge in [-0.1, -0.05) is 32.0 Å². The van der Waals surface area contributed by atoms with Crippen molar-refractivity contribution in [2.75, 3.05) is 11.9 Å². The van der Waals surface area contributed by atoms with Crippen LogP contribution in [0.3, 0.4) is 0 Å². The van der Waals surface area contributed by atoms with Gasteiger partial charge < -0.3 is 4.90 Å². The molecule has 0 radical (unpaired) electrons. The fraction of sp³-hybridized carbons (Fsp3) is 0.385. The minimum absolute atomic E-state index is 0.170. The smallest absolute Gasteiger partial charge is 0.0444 e. The van der Waals surface area contributed by atoms with Crippen LogP contribution in [0.1, 0.15) is 26.3 Å². The molecule has 0 bridgehead atoms. The lowest BCUT2D eigenvalue weighted by molar-refractivity contribution is 0.609. The highest BCUT2D eigenvalue weighted by Crippen LogP contribution is 2.40. The molecular formula is C13H17N. The Morgan fingerprint density at radius 2 is 1.79 bits per heavy atom. The lowest BCUT2D eigenvalue weighted by Crippen LogP contribution is -2.29. The number of rotatable bonds is 0. The van der Waals surface area contributed by atoms with Crippen LogP contribution in [-0.2, 0) is 5.41 Å². The molecule has 1 aromatic carbocycles. The van der Waals surface area contributed by atoms with Gasteiger partial charge in [-0.15, -0.1) is 0 Å². The number of hydrogen-bond donors (Lipinski definition) is 0. The topological polar surface area (TPSA) is 3.24 Å². The first-order valence-electron chi connectivity index (χ1n) is 5.05. The van der Waals surface area contributed by atoms with Crippen LogP contribution in [0.4, 0.5) is 5.69 Å². The zero-order valence-corrected chi connectivity index (χ0v) is 9.33. The van der Waals surface area contributed by atoms with Crippen LogP contribution in [0.25, 0.3) is 0 Å². The second-order valence-corrected chi connectivity index (χ2v) is 4.57. The second-order valence-electron chi connectivity index (χ2n) is 4.57. The summed E-state index contributed by atoms with van der Waals surface area (Å²) in [6.45, 7) is 6.77. The van der Waals surface area contributed by atoms with Gasteiger partial charge in [0.05, 0.1) is 0 Å². The van der Waals surface area contributed by atoms with Crippen molar-refractivity contribution in [3.05, 3.63) is 41.6 Å². The molecule has 0 saturated heterocycles. The van der Waals surface area contributed by atoms with Crippen LogP contribution >= 0.6 is 0 Å². The molecule has 0 spiro atoms. The molecule has 1 aromatic rings. The summed E-state index contributed by atoms with van der Waals surface area (Å²) in [4.78, 5) is 2.20. The van der Waals surface area contributed by atoms with Gasteiger partial charge in [-0.05, 0) is 24.1 Å². The van der Waals surface area contributed by atoms with Crippen molar-refractivity contribution in [1.29, 1.82) is 0 Å². The molecule has 74 valence electrons. The molecule has 0 aromatic heterocycles. The third kappa shape index (κ3) is 1.16. The summed E-state index contributed by atoms with van der Waals surface area (Å²) in [5.74, 6) is 0. The summed E-state index contributed by atoms with van der Waals surface area (Å²) < 4.78 is 0. The summed E-state index contributed by atoms with van der Waals surface area (Å²) in [6.07, 6.45) is 2.22. The van der Waals surface area contributed by atoms with E-state index in [2.05, 4.69) is 63.2 Å². The number of nitrogens with zero attached hydrogens (tertiary/aromatic N) is 1. The number of benzene rings is 1. The van der Waals surface area contributed by atoms with E-state index in [1.54, 1.807) is 0 Å². The molecule has 1 heterocycles. The average Bonchev–Trinajstić information content (AvgIpc) is 2.16. The van der Waals surface area contributed by atoms with E-state index in [0.29, 0.717) is 0 Å². The summed E-state index contributed by atoms with van der Waals surface area (Å²) in [7, 11) is 2.11. The highest BCUT2D eigenvalue weighted by atomic mass is 15.1. The maximum Gasteiger partial charge on any atom is 0.0444 e. The van der Waals surface area contributed by atoms with E-state index in [9.17, 15) is 0 Å². The Bertz CT molecular complexity index is 388. The number of hydrogen-bond acceptors (Lipinski definition) is 1. The third-order valence-electron chi connectivity index (χ3n) is 3.33.